The zero-order valence-corrected chi connectivity index (χ0v) is 14.3. The minimum atomic E-state index is 0.146. The van der Waals surface area contributed by atoms with E-state index < -0.39 is 0 Å². The number of aromatic nitrogens is 1. The Morgan fingerprint density at radius 1 is 1.43 bits per heavy atom. The van der Waals surface area contributed by atoms with E-state index in [0.29, 0.717) is 6.04 Å². The van der Waals surface area contributed by atoms with Crippen molar-refractivity contribution in [1.82, 2.24) is 15.2 Å². The maximum absolute atomic E-state index is 5.53. The number of rotatable bonds is 3. The van der Waals surface area contributed by atoms with Gasteiger partial charge in [0.15, 0.2) is 0 Å². The van der Waals surface area contributed by atoms with E-state index in [0.717, 1.165) is 36.6 Å². The van der Waals surface area contributed by atoms with E-state index in [1.807, 2.05) is 13.1 Å². The van der Waals surface area contributed by atoms with E-state index in [-0.39, 0.29) is 5.54 Å². The van der Waals surface area contributed by atoms with Gasteiger partial charge in [-0.3, -0.25) is 9.88 Å². The minimum absolute atomic E-state index is 0.146. The van der Waals surface area contributed by atoms with E-state index in [2.05, 4.69) is 42.9 Å². The van der Waals surface area contributed by atoms with Crippen LogP contribution in [-0.4, -0.2) is 41.7 Å². The highest BCUT2D eigenvalue weighted by Gasteiger charge is 2.28. The van der Waals surface area contributed by atoms with Crippen LogP contribution in [0.15, 0.2) is 6.20 Å². The van der Waals surface area contributed by atoms with Gasteiger partial charge in [0, 0.05) is 42.0 Å². The fourth-order valence-electron chi connectivity index (χ4n) is 3.16. The summed E-state index contributed by atoms with van der Waals surface area (Å²) in [6.07, 6.45) is 3.10. The number of methoxy groups -OCH3 is 1. The second-order valence-corrected chi connectivity index (χ2v) is 6.90. The van der Waals surface area contributed by atoms with Gasteiger partial charge in [0.05, 0.1) is 12.8 Å². The number of pyridine rings is 1. The molecule has 1 fully saturated rings. The molecule has 1 aromatic rings. The number of ether oxygens (including phenoxy) is 1. The Balaban J connectivity index is 2.23. The van der Waals surface area contributed by atoms with Gasteiger partial charge in [0.1, 0.15) is 5.75 Å². The van der Waals surface area contributed by atoms with Crippen LogP contribution in [0.2, 0.25) is 0 Å². The molecule has 4 heteroatoms. The van der Waals surface area contributed by atoms with E-state index in [4.69, 9.17) is 4.74 Å². The first-order valence-corrected chi connectivity index (χ1v) is 7.82. The van der Waals surface area contributed by atoms with Gasteiger partial charge in [-0.2, -0.15) is 0 Å². The van der Waals surface area contributed by atoms with Gasteiger partial charge in [0.25, 0.3) is 0 Å². The van der Waals surface area contributed by atoms with Gasteiger partial charge in [-0.05, 0) is 47.6 Å². The van der Waals surface area contributed by atoms with Crippen LogP contribution in [0, 0.1) is 13.8 Å². The van der Waals surface area contributed by atoms with E-state index >= 15 is 0 Å². The molecule has 0 spiro atoms. The molecular weight excluding hydrogens is 262 g/mol. The molecule has 21 heavy (non-hydrogen) atoms. The maximum Gasteiger partial charge on any atom is 0.128 e. The van der Waals surface area contributed by atoms with Crippen molar-refractivity contribution >= 4 is 0 Å². The molecule has 1 aromatic heterocycles. The Morgan fingerprint density at radius 3 is 2.81 bits per heavy atom. The predicted molar refractivity (Wildman–Crippen MR) is 86.8 cm³/mol. The van der Waals surface area contributed by atoms with E-state index in [1.54, 1.807) is 7.11 Å². The molecule has 1 aliphatic rings. The van der Waals surface area contributed by atoms with Gasteiger partial charge in [-0.25, -0.2) is 0 Å². The summed E-state index contributed by atoms with van der Waals surface area (Å²) in [5.41, 5.74) is 3.54. The molecule has 0 bridgehead atoms. The molecule has 1 atom stereocenters. The van der Waals surface area contributed by atoms with Crippen LogP contribution >= 0.6 is 0 Å². The highest BCUT2D eigenvalue weighted by atomic mass is 16.5. The Bertz CT molecular complexity index is 499. The zero-order valence-electron chi connectivity index (χ0n) is 14.3. The van der Waals surface area contributed by atoms with Crippen LogP contribution in [0.25, 0.3) is 0 Å². The van der Waals surface area contributed by atoms with Crippen molar-refractivity contribution in [2.24, 2.45) is 0 Å². The highest BCUT2D eigenvalue weighted by molar-refractivity contribution is 5.41. The molecule has 4 nitrogen and oxygen atoms in total. The average molecular weight is 291 g/mol. The third-order valence-electron chi connectivity index (χ3n) is 4.49. The van der Waals surface area contributed by atoms with Crippen molar-refractivity contribution in [2.75, 3.05) is 20.2 Å². The van der Waals surface area contributed by atoms with Crippen LogP contribution in [0.1, 0.15) is 44.0 Å². The van der Waals surface area contributed by atoms with Gasteiger partial charge < -0.3 is 10.1 Å². The lowest BCUT2D eigenvalue weighted by Crippen LogP contribution is -2.47. The largest absolute Gasteiger partial charge is 0.496 e. The van der Waals surface area contributed by atoms with Crippen molar-refractivity contribution in [3.05, 3.63) is 23.0 Å². The molecular formula is C17H29N3O. The van der Waals surface area contributed by atoms with Gasteiger partial charge in [-0.15, -0.1) is 0 Å². The highest BCUT2D eigenvalue weighted by Crippen LogP contribution is 2.26. The fourth-order valence-corrected chi connectivity index (χ4v) is 3.16. The van der Waals surface area contributed by atoms with Gasteiger partial charge in [-0.1, -0.05) is 0 Å². The third-order valence-corrected chi connectivity index (χ3v) is 4.49. The van der Waals surface area contributed by atoms with Crippen molar-refractivity contribution in [1.29, 1.82) is 0 Å². The summed E-state index contributed by atoms with van der Waals surface area (Å²) < 4.78 is 5.53. The Kier molecular flexibility index (Phi) is 4.89. The van der Waals surface area contributed by atoms with Crippen LogP contribution in [0.3, 0.4) is 0 Å². The number of aryl methyl sites for hydroxylation is 1. The van der Waals surface area contributed by atoms with Crippen LogP contribution in [0.4, 0.5) is 0 Å². The summed E-state index contributed by atoms with van der Waals surface area (Å²) in [6, 6.07) is 0.563. The molecule has 0 aliphatic carbocycles. The fraction of sp³-hybridized carbons (Fsp3) is 0.706. The van der Waals surface area contributed by atoms with Crippen molar-refractivity contribution in [3.8, 4) is 5.75 Å². The van der Waals surface area contributed by atoms with E-state index in [1.165, 1.54) is 12.0 Å². The van der Waals surface area contributed by atoms with Crippen LogP contribution in [-0.2, 0) is 6.54 Å². The summed E-state index contributed by atoms with van der Waals surface area (Å²) in [6.45, 7) is 14.0. The van der Waals surface area contributed by atoms with Gasteiger partial charge in [0.2, 0.25) is 0 Å². The number of nitrogens with one attached hydrogen (secondary N) is 1. The zero-order chi connectivity index (χ0) is 15.6. The first kappa shape index (κ1) is 16.2. The van der Waals surface area contributed by atoms with Crippen molar-refractivity contribution in [3.63, 3.8) is 0 Å². The number of hydrogen-bond donors (Lipinski definition) is 1. The first-order valence-electron chi connectivity index (χ1n) is 7.82. The quantitative estimate of drug-likeness (QED) is 0.929. The summed E-state index contributed by atoms with van der Waals surface area (Å²) in [4.78, 5) is 7.18. The Labute approximate surface area is 128 Å². The lowest BCUT2D eigenvalue weighted by atomic mass is 10.0. The Hall–Kier alpha value is -1.13. The molecule has 2 heterocycles. The second-order valence-electron chi connectivity index (χ2n) is 6.90. The van der Waals surface area contributed by atoms with Crippen molar-refractivity contribution in [2.45, 2.75) is 59.2 Å². The molecule has 0 aromatic carbocycles. The molecule has 118 valence electrons. The molecule has 0 amide bonds. The van der Waals surface area contributed by atoms with Crippen molar-refractivity contribution < 1.29 is 4.74 Å². The summed E-state index contributed by atoms with van der Waals surface area (Å²) >= 11 is 0. The average Bonchev–Trinajstić information content (AvgIpc) is 2.52. The maximum atomic E-state index is 5.53. The third kappa shape index (κ3) is 3.74. The lowest BCUT2D eigenvalue weighted by Gasteiger charge is -2.33. The standard InChI is InChI=1S/C17H29N3O/c1-12-9-18-15(14(3)16(12)21-6)10-20-11-17(4,5)19-8-7-13(20)2/h9,13,19H,7-8,10-11H2,1-6H3. The minimum Gasteiger partial charge on any atom is -0.496 e. The smallest absolute Gasteiger partial charge is 0.128 e. The topological polar surface area (TPSA) is 37.4 Å². The lowest BCUT2D eigenvalue weighted by molar-refractivity contribution is 0.170. The monoisotopic (exact) mass is 291 g/mol. The molecule has 2 rings (SSSR count). The summed E-state index contributed by atoms with van der Waals surface area (Å²) in [7, 11) is 1.74. The normalized spacial score (nSPS) is 22.9. The predicted octanol–water partition coefficient (Wildman–Crippen LogP) is 2.67. The molecule has 0 saturated carbocycles. The molecule has 1 saturated heterocycles. The molecule has 1 N–H and O–H groups in total. The van der Waals surface area contributed by atoms with Crippen LogP contribution < -0.4 is 10.1 Å². The summed E-state index contributed by atoms with van der Waals surface area (Å²) in [5.74, 6) is 0.972. The van der Waals surface area contributed by atoms with Gasteiger partial charge >= 0.3 is 0 Å². The molecule has 1 aliphatic heterocycles. The molecule has 1 unspecified atom stereocenters. The first-order chi connectivity index (χ1) is 9.84. The van der Waals surface area contributed by atoms with Crippen LogP contribution in [0.5, 0.6) is 5.75 Å². The SMILES string of the molecule is COc1c(C)cnc(CN2CC(C)(C)NCCC2C)c1C. The molecule has 0 radical (unpaired) electrons. The Morgan fingerprint density at radius 2 is 2.14 bits per heavy atom. The number of nitrogens with zero attached hydrogens (tertiary/aromatic N) is 2. The van der Waals surface area contributed by atoms with E-state index in [9.17, 15) is 0 Å². The second kappa shape index (κ2) is 6.32. The number of hydrogen-bond acceptors (Lipinski definition) is 4. The summed E-state index contributed by atoms with van der Waals surface area (Å²) in [5, 5.41) is 3.63.